The molecule has 1 saturated carbocycles. The van der Waals surface area contributed by atoms with Crippen molar-refractivity contribution in [3.05, 3.63) is 64.7 Å². The van der Waals surface area contributed by atoms with Crippen LogP contribution in [0.15, 0.2) is 36.4 Å². The summed E-state index contributed by atoms with van der Waals surface area (Å²) in [6.45, 7) is 0.137. The fourth-order valence-electron chi connectivity index (χ4n) is 2.98. The molecule has 1 aliphatic rings. The first-order valence-electron chi connectivity index (χ1n) is 8.03. The molecule has 0 unspecified atom stereocenters. The van der Waals surface area contributed by atoms with Gasteiger partial charge < -0.3 is 15.2 Å². The van der Waals surface area contributed by atoms with Gasteiger partial charge in [-0.2, -0.15) is 0 Å². The first-order valence-corrected chi connectivity index (χ1v) is 8.03. The minimum atomic E-state index is -1.13. The minimum Gasteiger partial charge on any atom is -0.496 e. The molecule has 2 aromatic rings. The Morgan fingerprint density at radius 3 is 2.69 bits per heavy atom. The van der Waals surface area contributed by atoms with Crippen LogP contribution >= 0.6 is 0 Å². The lowest BCUT2D eigenvalue weighted by atomic mass is 10.1. The average Bonchev–Trinajstić information content (AvgIpc) is 3.42. The van der Waals surface area contributed by atoms with Crippen molar-refractivity contribution in [2.75, 3.05) is 7.11 Å². The van der Waals surface area contributed by atoms with E-state index in [0.29, 0.717) is 12.0 Å². The zero-order chi connectivity index (χ0) is 18.8. The van der Waals surface area contributed by atoms with E-state index in [0.717, 1.165) is 18.2 Å². The largest absolute Gasteiger partial charge is 0.496 e. The Bertz CT molecular complexity index is 869. The number of rotatable bonds is 6. The van der Waals surface area contributed by atoms with E-state index in [1.165, 1.54) is 19.2 Å². The third kappa shape index (κ3) is 3.66. The van der Waals surface area contributed by atoms with Crippen molar-refractivity contribution >= 4 is 11.9 Å². The van der Waals surface area contributed by atoms with E-state index in [1.54, 1.807) is 6.07 Å². The number of nitrogens with one attached hydrogen (secondary N) is 1. The fourth-order valence-corrected chi connectivity index (χ4v) is 2.98. The topological polar surface area (TPSA) is 75.6 Å². The summed E-state index contributed by atoms with van der Waals surface area (Å²) >= 11 is 0. The molecule has 26 heavy (non-hydrogen) atoms. The van der Waals surface area contributed by atoms with Gasteiger partial charge in [0.1, 0.15) is 22.9 Å². The van der Waals surface area contributed by atoms with Crippen LogP contribution in [-0.4, -0.2) is 24.1 Å². The van der Waals surface area contributed by atoms with Gasteiger partial charge in [0.2, 0.25) is 5.91 Å². The highest BCUT2D eigenvalue weighted by Crippen LogP contribution is 2.48. The Labute approximate surface area is 148 Å². The number of methoxy groups -OCH3 is 1. The highest BCUT2D eigenvalue weighted by atomic mass is 19.1. The van der Waals surface area contributed by atoms with Crippen LogP contribution < -0.4 is 10.1 Å². The fraction of sp³-hybridized carbons (Fsp3) is 0.263. The van der Waals surface area contributed by atoms with Crippen molar-refractivity contribution in [3.8, 4) is 5.75 Å². The summed E-state index contributed by atoms with van der Waals surface area (Å²) in [6.07, 6.45) is 0.454. The quantitative estimate of drug-likeness (QED) is 0.829. The first kappa shape index (κ1) is 17.8. The number of halogens is 2. The number of amides is 1. The van der Waals surface area contributed by atoms with E-state index in [2.05, 4.69) is 5.32 Å². The van der Waals surface area contributed by atoms with E-state index in [-0.39, 0.29) is 35.2 Å². The van der Waals surface area contributed by atoms with E-state index in [4.69, 9.17) is 4.74 Å². The predicted molar refractivity (Wildman–Crippen MR) is 89.0 cm³/mol. The lowest BCUT2D eigenvalue weighted by Gasteiger charge is -2.09. The van der Waals surface area contributed by atoms with Gasteiger partial charge in [-0.3, -0.25) is 4.79 Å². The number of hydrogen-bond donors (Lipinski definition) is 2. The first-order chi connectivity index (χ1) is 12.4. The SMILES string of the molecule is COc1ccc(CNC(=O)[C@@H]2C[C@H]2c2cc(F)ccc2F)cc1C(=O)O. The summed E-state index contributed by atoms with van der Waals surface area (Å²) in [5.41, 5.74) is 0.818. The average molecular weight is 361 g/mol. The van der Waals surface area contributed by atoms with Crippen LogP contribution in [0.1, 0.15) is 33.8 Å². The van der Waals surface area contributed by atoms with Gasteiger partial charge in [-0.15, -0.1) is 0 Å². The van der Waals surface area contributed by atoms with Gasteiger partial charge in [0.25, 0.3) is 0 Å². The standard InChI is InChI=1S/C19H17F2NO4/c1-26-17-5-2-10(6-15(17)19(24)25)9-22-18(23)14-8-12(14)13-7-11(20)3-4-16(13)21/h2-7,12,14H,8-9H2,1H3,(H,22,23)(H,24,25)/t12-,14+/m0/s1. The molecule has 0 spiro atoms. The second kappa shape index (κ2) is 7.11. The third-order valence-electron chi connectivity index (χ3n) is 4.45. The Hall–Kier alpha value is -2.96. The van der Waals surface area contributed by atoms with E-state index >= 15 is 0 Å². The van der Waals surface area contributed by atoms with Gasteiger partial charge in [0, 0.05) is 12.5 Å². The molecule has 136 valence electrons. The second-order valence-electron chi connectivity index (χ2n) is 6.17. The Morgan fingerprint density at radius 1 is 1.23 bits per heavy atom. The molecule has 0 bridgehead atoms. The molecule has 1 amide bonds. The maximum absolute atomic E-state index is 13.8. The summed E-state index contributed by atoms with van der Waals surface area (Å²) < 4.78 is 32.0. The van der Waals surface area contributed by atoms with Crippen molar-refractivity contribution in [2.45, 2.75) is 18.9 Å². The van der Waals surface area contributed by atoms with Crippen LogP contribution in [0.2, 0.25) is 0 Å². The number of carboxylic acids is 1. The molecule has 7 heteroatoms. The molecular formula is C19H17F2NO4. The summed E-state index contributed by atoms with van der Waals surface area (Å²) in [6, 6.07) is 7.83. The van der Waals surface area contributed by atoms with E-state index in [1.807, 2.05) is 0 Å². The summed E-state index contributed by atoms with van der Waals surface area (Å²) in [5.74, 6) is -2.97. The Kier molecular flexibility index (Phi) is 4.88. The van der Waals surface area contributed by atoms with Crippen molar-refractivity contribution in [2.24, 2.45) is 5.92 Å². The molecule has 0 aliphatic heterocycles. The lowest BCUT2D eigenvalue weighted by Crippen LogP contribution is -2.25. The maximum atomic E-state index is 13.8. The molecule has 3 rings (SSSR count). The van der Waals surface area contributed by atoms with Crippen molar-refractivity contribution in [1.82, 2.24) is 5.32 Å². The van der Waals surface area contributed by atoms with Crippen LogP contribution in [0.5, 0.6) is 5.75 Å². The molecule has 2 aromatic carbocycles. The van der Waals surface area contributed by atoms with E-state index in [9.17, 15) is 23.5 Å². The van der Waals surface area contributed by atoms with Gasteiger partial charge in [0.05, 0.1) is 7.11 Å². The molecule has 0 radical (unpaired) electrons. The molecule has 1 fully saturated rings. The number of ether oxygens (including phenoxy) is 1. The minimum absolute atomic E-state index is 0.00498. The highest BCUT2D eigenvalue weighted by molar-refractivity contribution is 5.91. The van der Waals surface area contributed by atoms with Gasteiger partial charge in [-0.05, 0) is 53.8 Å². The molecule has 0 heterocycles. The Morgan fingerprint density at radius 2 is 2.00 bits per heavy atom. The maximum Gasteiger partial charge on any atom is 0.339 e. The number of carboxylic acid groups (broad SMARTS) is 1. The molecule has 0 saturated heterocycles. The van der Waals surface area contributed by atoms with Gasteiger partial charge in [0.15, 0.2) is 0 Å². The smallest absolute Gasteiger partial charge is 0.339 e. The summed E-state index contributed by atoms with van der Waals surface area (Å²) in [4.78, 5) is 23.4. The zero-order valence-electron chi connectivity index (χ0n) is 14.0. The van der Waals surface area contributed by atoms with Gasteiger partial charge >= 0.3 is 5.97 Å². The number of benzene rings is 2. The monoisotopic (exact) mass is 361 g/mol. The molecular weight excluding hydrogens is 344 g/mol. The van der Waals surface area contributed by atoms with Crippen molar-refractivity contribution in [3.63, 3.8) is 0 Å². The van der Waals surface area contributed by atoms with E-state index < -0.39 is 23.5 Å². The Balaban J connectivity index is 1.63. The van der Waals surface area contributed by atoms with Crippen LogP contribution in [0.25, 0.3) is 0 Å². The van der Waals surface area contributed by atoms with Gasteiger partial charge in [-0.25, -0.2) is 13.6 Å². The number of carbonyl (C=O) groups is 2. The predicted octanol–water partition coefficient (Wildman–Crippen LogP) is 3.09. The summed E-state index contributed by atoms with van der Waals surface area (Å²) in [7, 11) is 1.38. The summed E-state index contributed by atoms with van der Waals surface area (Å²) in [5, 5.41) is 11.9. The normalized spacial score (nSPS) is 18.3. The highest BCUT2D eigenvalue weighted by Gasteiger charge is 2.45. The second-order valence-corrected chi connectivity index (χ2v) is 6.17. The van der Waals surface area contributed by atoms with Crippen LogP contribution in [-0.2, 0) is 11.3 Å². The third-order valence-corrected chi connectivity index (χ3v) is 4.45. The molecule has 2 atom stereocenters. The van der Waals surface area contributed by atoms with Crippen LogP contribution in [0.3, 0.4) is 0 Å². The van der Waals surface area contributed by atoms with Crippen molar-refractivity contribution < 1.29 is 28.2 Å². The molecule has 1 aliphatic carbocycles. The zero-order valence-corrected chi connectivity index (χ0v) is 14.0. The molecule has 0 aromatic heterocycles. The molecule has 2 N–H and O–H groups in total. The molecule has 5 nitrogen and oxygen atoms in total. The number of carbonyl (C=O) groups excluding carboxylic acids is 1. The van der Waals surface area contributed by atoms with Crippen LogP contribution in [0.4, 0.5) is 8.78 Å². The number of hydrogen-bond acceptors (Lipinski definition) is 3. The van der Waals surface area contributed by atoms with Crippen molar-refractivity contribution in [1.29, 1.82) is 0 Å². The van der Waals surface area contributed by atoms with Crippen LogP contribution in [0, 0.1) is 17.6 Å². The lowest BCUT2D eigenvalue weighted by molar-refractivity contribution is -0.122. The number of aromatic carboxylic acids is 1. The van der Waals surface area contributed by atoms with Gasteiger partial charge in [-0.1, -0.05) is 6.07 Å².